The van der Waals surface area contributed by atoms with Crippen LogP contribution < -0.4 is 19.5 Å². The van der Waals surface area contributed by atoms with Crippen molar-refractivity contribution < 1.29 is 33.6 Å². The van der Waals surface area contributed by atoms with E-state index in [1.807, 2.05) is 36.5 Å². The average Bonchev–Trinajstić information content (AvgIpc) is 3.32. The normalized spacial score (nSPS) is 25.8. The number of pyridine rings is 1. The van der Waals surface area contributed by atoms with Crippen LogP contribution >= 0.6 is 11.6 Å². The van der Waals surface area contributed by atoms with E-state index in [9.17, 15) is 9.90 Å². The van der Waals surface area contributed by atoms with Crippen molar-refractivity contribution in [1.82, 2.24) is 9.88 Å². The Balaban J connectivity index is 1.11. The van der Waals surface area contributed by atoms with Gasteiger partial charge < -0.3 is 39.0 Å². The number of carboxylic acid groups (broad SMARTS) is 1. The average molecular weight is 804 g/mol. The number of anilines is 1. The van der Waals surface area contributed by atoms with Gasteiger partial charge in [-0.15, -0.1) is 0 Å². The molecule has 2 N–H and O–H groups in total. The Bertz CT molecular complexity index is 1830. The van der Waals surface area contributed by atoms with E-state index < -0.39 is 11.5 Å². The number of aliphatic carboxylic acids is 1. The van der Waals surface area contributed by atoms with E-state index >= 15 is 0 Å². The summed E-state index contributed by atoms with van der Waals surface area (Å²) in [5.41, 5.74) is 4.48. The zero-order chi connectivity index (χ0) is 40.0. The molecule has 2 unspecified atom stereocenters. The molecule has 0 bridgehead atoms. The number of hydrogen-bond acceptors (Lipinski definition) is 9. The Morgan fingerprint density at radius 2 is 1.82 bits per heavy atom. The number of carbonyl (C=O) groups is 1. The fourth-order valence-electron chi connectivity index (χ4n) is 10.2. The van der Waals surface area contributed by atoms with Crippen molar-refractivity contribution in [1.29, 1.82) is 0 Å². The van der Waals surface area contributed by atoms with Crippen LogP contribution in [0.3, 0.4) is 0 Å². The van der Waals surface area contributed by atoms with Gasteiger partial charge in [-0.25, -0.2) is 4.79 Å². The van der Waals surface area contributed by atoms with Crippen molar-refractivity contribution in [3.63, 3.8) is 0 Å². The number of halogens is 1. The summed E-state index contributed by atoms with van der Waals surface area (Å²) in [6.07, 6.45) is 10.5. The summed E-state index contributed by atoms with van der Waals surface area (Å²) in [5, 5.41) is 14.8. The molecular weight excluding hydrogens is 742 g/mol. The number of carboxylic acids is 1. The maximum atomic E-state index is 13.1. The van der Waals surface area contributed by atoms with Crippen molar-refractivity contribution in [2.75, 3.05) is 72.2 Å². The van der Waals surface area contributed by atoms with E-state index in [-0.39, 0.29) is 17.3 Å². The number of fused-ring (bicyclic) bond motifs is 4. The molecule has 4 aliphatic rings. The number of rotatable bonds is 17. The number of methoxy groups -OCH3 is 2. The number of ether oxygens (including phenoxy) is 5. The number of nitrogens with zero attached hydrogens (tertiary/aromatic N) is 2. The van der Waals surface area contributed by atoms with Gasteiger partial charge in [0.2, 0.25) is 0 Å². The van der Waals surface area contributed by atoms with Crippen LogP contribution in [-0.2, 0) is 32.5 Å². The van der Waals surface area contributed by atoms with Gasteiger partial charge in [0.05, 0.1) is 26.4 Å². The second-order valence-corrected chi connectivity index (χ2v) is 17.7. The number of hydrogen-bond donors (Lipinski definition) is 2. The summed E-state index contributed by atoms with van der Waals surface area (Å²) >= 11 is 6.33. The molecule has 0 saturated heterocycles. The van der Waals surface area contributed by atoms with E-state index in [1.165, 1.54) is 28.8 Å². The lowest BCUT2D eigenvalue weighted by Gasteiger charge is -2.47. The van der Waals surface area contributed by atoms with Crippen LogP contribution in [0.5, 0.6) is 17.2 Å². The zero-order valence-corrected chi connectivity index (χ0v) is 35.1. The molecular formula is C46H62ClN3O7. The van der Waals surface area contributed by atoms with Crippen LogP contribution in [0.15, 0.2) is 48.7 Å². The summed E-state index contributed by atoms with van der Waals surface area (Å²) in [5.74, 6) is 3.00. The van der Waals surface area contributed by atoms with Crippen LogP contribution in [0.4, 0.5) is 5.69 Å². The minimum absolute atomic E-state index is 0.201. The Kier molecular flexibility index (Phi) is 13.5. The standard InChI is InChI=1S/C46H62ClN3O7/c1-31(28-55-40-12-17-48-39-11-5-8-32(2)43(39)40)22-35-23-34-24-41-42(57-30-33(29-56-41)27-50(19-21-54-4)18-7-20-53-3)26-38(34)45(35)13-15-46(16-14-45,44(51)52)49-37-10-6-9-36(47)25-37/h6,9-10,12,17,24-26,31-33,35,49H,5,7-8,11,13-16,18-23,27-30H2,1-4H3,(H,51,52)/t31-,32-,33?,35?,45?,46?/m1/s1. The lowest BCUT2D eigenvalue weighted by atomic mass is 9.59. The minimum atomic E-state index is -1.09. The van der Waals surface area contributed by atoms with Crippen LogP contribution in [0.2, 0.25) is 5.02 Å². The first-order valence-electron chi connectivity index (χ1n) is 21.1. The van der Waals surface area contributed by atoms with Gasteiger partial charge in [-0.1, -0.05) is 31.5 Å². The molecule has 1 saturated carbocycles. The Labute approximate surface area is 343 Å². The first-order chi connectivity index (χ1) is 27.6. The summed E-state index contributed by atoms with van der Waals surface area (Å²) in [7, 11) is 3.48. The highest BCUT2D eigenvalue weighted by Gasteiger charge is 2.54. The van der Waals surface area contributed by atoms with Gasteiger partial charge in [0, 0.05) is 74.5 Å². The van der Waals surface area contributed by atoms with Crippen LogP contribution in [0, 0.1) is 17.8 Å². The van der Waals surface area contributed by atoms with Crippen molar-refractivity contribution in [2.24, 2.45) is 17.8 Å². The van der Waals surface area contributed by atoms with Crippen molar-refractivity contribution in [2.45, 2.75) is 94.9 Å². The molecule has 3 aromatic rings. The van der Waals surface area contributed by atoms with Crippen molar-refractivity contribution in [3.8, 4) is 17.2 Å². The molecule has 1 aromatic heterocycles. The van der Waals surface area contributed by atoms with Gasteiger partial charge in [-0.05, 0) is 135 Å². The predicted octanol–water partition coefficient (Wildman–Crippen LogP) is 8.57. The molecule has 3 aliphatic carbocycles. The molecule has 1 fully saturated rings. The summed E-state index contributed by atoms with van der Waals surface area (Å²) in [6.45, 7) is 10.4. The third-order valence-corrected chi connectivity index (χ3v) is 13.5. The minimum Gasteiger partial charge on any atom is -0.493 e. The molecule has 2 heterocycles. The van der Waals surface area contributed by atoms with E-state index in [0.29, 0.717) is 56.1 Å². The Hall–Kier alpha value is -3.57. The second kappa shape index (κ2) is 18.6. The van der Waals surface area contributed by atoms with Crippen LogP contribution in [-0.4, -0.2) is 93.4 Å². The highest BCUT2D eigenvalue weighted by atomic mass is 35.5. The molecule has 0 amide bonds. The maximum absolute atomic E-state index is 13.1. The molecule has 1 aliphatic heterocycles. The van der Waals surface area contributed by atoms with Crippen LogP contribution in [0.25, 0.3) is 0 Å². The topological polar surface area (TPSA) is 112 Å². The Morgan fingerprint density at radius 3 is 2.56 bits per heavy atom. The lowest BCUT2D eigenvalue weighted by Crippen LogP contribution is -2.53. The molecule has 0 radical (unpaired) electrons. The molecule has 11 heteroatoms. The largest absolute Gasteiger partial charge is 0.493 e. The highest BCUT2D eigenvalue weighted by molar-refractivity contribution is 6.30. The third kappa shape index (κ3) is 9.35. The fourth-order valence-corrected chi connectivity index (χ4v) is 10.4. The quantitative estimate of drug-likeness (QED) is 0.129. The van der Waals surface area contributed by atoms with Gasteiger partial charge in [0.15, 0.2) is 11.5 Å². The number of benzene rings is 2. The second-order valence-electron chi connectivity index (χ2n) is 17.3. The number of nitrogens with one attached hydrogen (secondary N) is 1. The first-order valence-corrected chi connectivity index (χ1v) is 21.5. The van der Waals surface area contributed by atoms with Crippen molar-refractivity contribution >= 4 is 23.3 Å². The summed E-state index contributed by atoms with van der Waals surface area (Å²) in [4.78, 5) is 20.2. The van der Waals surface area contributed by atoms with E-state index in [1.54, 1.807) is 14.2 Å². The van der Waals surface area contributed by atoms with E-state index in [4.69, 9.17) is 35.3 Å². The van der Waals surface area contributed by atoms with Gasteiger partial charge in [-0.3, -0.25) is 4.98 Å². The van der Waals surface area contributed by atoms with Crippen molar-refractivity contribution in [3.05, 3.63) is 76.1 Å². The molecule has 4 atom stereocenters. The first kappa shape index (κ1) is 41.6. The third-order valence-electron chi connectivity index (χ3n) is 13.3. The predicted molar refractivity (Wildman–Crippen MR) is 223 cm³/mol. The SMILES string of the molecule is COCCCN(CCOC)CC1COc2cc3c(cc2OC1)C1(CCC(Nc2cccc(Cl)c2)(C(=O)O)CC1)C(C[C@@H](C)COc1ccnc2c1[C@H](C)CCC2)C3. The Morgan fingerprint density at radius 1 is 1.05 bits per heavy atom. The number of aromatic nitrogens is 1. The van der Waals surface area contributed by atoms with Crippen LogP contribution in [0.1, 0.15) is 93.5 Å². The summed E-state index contributed by atoms with van der Waals surface area (Å²) < 4.78 is 30.5. The van der Waals surface area contributed by atoms with Gasteiger partial charge in [0.1, 0.15) is 11.3 Å². The molecule has 7 rings (SSSR count). The molecule has 10 nitrogen and oxygen atoms in total. The zero-order valence-electron chi connectivity index (χ0n) is 34.3. The maximum Gasteiger partial charge on any atom is 0.329 e. The fraction of sp³-hybridized carbons (Fsp3) is 0.609. The molecule has 1 spiro atoms. The van der Waals surface area contributed by atoms with Gasteiger partial charge in [0.25, 0.3) is 0 Å². The summed E-state index contributed by atoms with van der Waals surface area (Å²) in [6, 6.07) is 13.9. The van der Waals surface area contributed by atoms with E-state index in [0.717, 1.165) is 94.1 Å². The molecule has 310 valence electrons. The van der Waals surface area contributed by atoms with E-state index in [2.05, 4.69) is 41.2 Å². The van der Waals surface area contributed by atoms with Gasteiger partial charge in [-0.2, -0.15) is 0 Å². The molecule has 57 heavy (non-hydrogen) atoms. The molecule has 2 aromatic carbocycles. The van der Waals surface area contributed by atoms with Gasteiger partial charge >= 0.3 is 5.97 Å². The highest BCUT2D eigenvalue weighted by Crippen LogP contribution is 2.58. The monoisotopic (exact) mass is 803 g/mol. The smallest absolute Gasteiger partial charge is 0.329 e. The number of aryl methyl sites for hydroxylation is 1. The lowest BCUT2D eigenvalue weighted by molar-refractivity contribution is -0.144.